The maximum Gasteiger partial charge on any atom is 0.160 e. The molecule has 2 rings (SSSR count). The fourth-order valence-electron chi connectivity index (χ4n) is 2.23. The maximum atomic E-state index is 5.31. The van der Waals surface area contributed by atoms with Gasteiger partial charge in [-0.1, -0.05) is 6.07 Å². The third kappa shape index (κ3) is 2.14. The van der Waals surface area contributed by atoms with Crippen LogP contribution in [0.4, 0.5) is 0 Å². The highest BCUT2D eigenvalue weighted by Gasteiger charge is 2.37. The van der Waals surface area contributed by atoms with Crippen LogP contribution in [0.3, 0.4) is 0 Å². The van der Waals surface area contributed by atoms with Gasteiger partial charge in [0.15, 0.2) is 11.5 Å². The zero-order valence-corrected chi connectivity index (χ0v) is 10.1. The topological polar surface area (TPSA) is 30.5 Å². The molecule has 88 valence electrons. The summed E-state index contributed by atoms with van der Waals surface area (Å²) in [7, 11) is 5.35. The highest BCUT2D eigenvalue weighted by Crippen LogP contribution is 2.48. The first-order chi connectivity index (χ1) is 7.80. The molecule has 0 amide bonds. The lowest BCUT2D eigenvalue weighted by atomic mass is 10.1. The summed E-state index contributed by atoms with van der Waals surface area (Å²) in [5.74, 6) is 3.10. The SMILES string of the molecule is CNCC1CC1c1ccc(OC)c(OC)c1. The number of ether oxygens (including phenoxy) is 2. The van der Waals surface area contributed by atoms with Gasteiger partial charge in [-0.2, -0.15) is 0 Å². The Morgan fingerprint density at radius 2 is 2.00 bits per heavy atom. The molecular weight excluding hydrogens is 202 g/mol. The van der Waals surface area contributed by atoms with Crippen molar-refractivity contribution >= 4 is 0 Å². The summed E-state index contributed by atoms with van der Waals surface area (Å²) in [6.45, 7) is 1.10. The summed E-state index contributed by atoms with van der Waals surface area (Å²) in [5, 5.41) is 3.22. The lowest BCUT2D eigenvalue weighted by molar-refractivity contribution is 0.354. The van der Waals surface area contributed by atoms with Gasteiger partial charge in [0.05, 0.1) is 14.2 Å². The molecular formula is C13H19NO2. The van der Waals surface area contributed by atoms with Gasteiger partial charge in [-0.15, -0.1) is 0 Å². The minimum Gasteiger partial charge on any atom is -0.493 e. The fourth-order valence-corrected chi connectivity index (χ4v) is 2.23. The minimum atomic E-state index is 0.687. The molecule has 3 nitrogen and oxygen atoms in total. The highest BCUT2D eigenvalue weighted by molar-refractivity contribution is 5.45. The van der Waals surface area contributed by atoms with E-state index in [1.807, 2.05) is 13.1 Å². The van der Waals surface area contributed by atoms with Gasteiger partial charge in [-0.05, 0) is 49.5 Å². The van der Waals surface area contributed by atoms with E-state index in [1.165, 1.54) is 12.0 Å². The monoisotopic (exact) mass is 221 g/mol. The van der Waals surface area contributed by atoms with Gasteiger partial charge in [-0.3, -0.25) is 0 Å². The first-order valence-electron chi connectivity index (χ1n) is 5.66. The molecule has 0 bridgehead atoms. The predicted molar refractivity (Wildman–Crippen MR) is 64.3 cm³/mol. The van der Waals surface area contributed by atoms with Crippen molar-refractivity contribution in [1.82, 2.24) is 5.32 Å². The van der Waals surface area contributed by atoms with Gasteiger partial charge in [0.25, 0.3) is 0 Å². The molecule has 1 aromatic carbocycles. The molecule has 0 heterocycles. The van der Waals surface area contributed by atoms with Crippen molar-refractivity contribution < 1.29 is 9.47 Å². The van der Waals surface area contributed by atoms with E-state index >= 15 is 0 Å². The van der Waals surface area contributed by atoms with Crippen molar-refractivity contribution in [2.45, 2.75) is 12.3 Å². The van der Waals surface area contributed by atoms with E-state index in [0.29, 0.717) is 5.92 Å². The Hall–Kier alpha value is -1.22. The van der Waals surface area contributed by atoms with E-state index in [4.69, 9.17) is 9.47 Å². The number of methoxy groups -OCH3 is 2. The average Bonchev–Trinajstić information content (AvgIpc) is 3.08. The van der Waals surface area contributed by atoms with E-state index < -0.39 is 0 Å². The Balaban J connectivity index is 2.12. The largest absolute Gasteiger partial charge is 0.493 e. The Kier molecular flexibility index (Phi) is 3.34. The maximum absolute atomic E-state index is 5.31. The van der Waals surface area contributed by atoms with E-state index in [9.17, 15) is 0 Å². The minimum absolute atomic E-state index is 0.687. The molecule has 1 aliphatic carbocycles. The summed E-state index contributed by atoms with van der Waals surface area (Å²) < 4.78 is 10.5. The first-order valence-corrected chi connectivity index (χ1v) is 5.66. The Morgan fingerprint density at radius 1 is 1.25 bits per heavy atom. The van der Waals surface area contributed by atoms with Crippen LogP contribution in [0.15, 0.2) is 18.2 Å². The van der Waals surface area contributed by atoms with Crippen molar-refractivity contribution in [3.63, 3.8) is 0 Å². The normalized spacial score (nSPS) is 22.9. The molecule has 2 atom stereocenters. The molecule has 1 N–H and O–H groups in total. The molecule has 16 heavy (non-hydrogen) atoms. The van der Waals surface area contributed by atoms with Crippen LogP contribution in [0, 0.1) is 5.92 Å². The van der Waals surface area contributed by atoms with Crippen LogP contribution in [-0.4, -0.2) is 27.8 Å². The van der Waals surface area contributed by atoms with Crippen LogP contribution in [0.2, 0.25) is 0 Å². The van der Waals surface area contributed by atoms with Gasteiger partial charge >= 0.3 is 0 Å². The van der Waals surface area contributed by atoms with E-state index in [2.05, 4.69) is 17.4 Å². The van der Waals surface area contributed by atoms with E-state index in [1.54, 1.807) is 14.2 Å². The van der Waals surface area contributed by atoms with E-state index in [-0.39, 0.29) is 0 Å². The lowest BCUT2D eigenvalue weighted by Gasteiger charge is -2.09. The average molecular weight is 221 g/mol. The molecule has 2 unspecified atom stereocenters. The first kappa shape index (κ1) is 11.3. The third-order valence-corrected chi connectivity index (χ3v) is 3.22. The van der Waals surface area contributed by atoms with Crippen LogP contribution in [0.5, 0.6) is 11.5 Å². The number of hydrogen-bond acceptors (Lipinski definition) is 3. The van der Waals surface area contributed by atoms with Gasteiger partial charge < -0.3 is 14.8 Å². The molecule has 3 heteroatoms. The van der Waals surface area contributed by atoms with Crippen LogP contribution in [-0.2, 0) is 0 Å². The molecule has 0 aromatic heterocycles. The quantitative estimate of drug-likeness (QED) is 0.825. The Morgan fingerprint density at radius 3 is 2.62 bits per heavy atom. The number of rotatable bonds is 5. The van der Waals surface area contributed by atoms with Crippen LogP contribution in [0.25, 0.3) is 0 Å². The molecule has 1 fully saturated rings. The van der Waals surface area contributed by atoms with Gasteiger partial charge in [0.2, 0.25) is 0 Å². The van der Waals surface area contributed by atoms with Crippen molar-refractivity contribution in [2.24, 2.45) is 5.92 Å². The van der Waals surface area contributed by atoms with Gasteiger partial charge in [0.1, 0.15) is 0 Å². The summed E-state index contributed by atoms with van der Waals surface area (Å²) in [5.41, 5.74) is 1.36. The molecule has 0 radical (unpaired) electrons. The van der Waals surface area contributed by atoms with Gasteiger partial charge in [0, 0.05) is 0 Å². The lowest BCUT2D eigenvalue weighted by Crippen LogP contribution is -2.10. The van der Waals surface area contributed by atoms with Crippen molar-refractivity contribution in [1.29, 1.82) is 0 Å². The zero-order valence-electron chi connectivity index (χ0n) is 10.1. The molecule has 1 saturated carbocycles. The molecule has 1 aromatic rings. The van der Waals surface area contributed by atoms with Crippen LogP contribution < -0.4 is 14.8 Å². The molecule has 1 aliphatic rings. The molecule has 0 saturated heterocycles. The summed E-state index contributed by atoms with van der Waals surface area (Å²) in [6.07, 6.45) is 1.27. The fraction of sp³-hybridized carbons (Fsp3) is 0.538. The summed E-state index contributed by atoms with van der Waals surface area (Å²) >= 11 is 0. The summed E-state index contributed by atoms with van der Waals surface area (Å²) in [6, 6.07) is 6.23. The smallest absolute Gasteiger partial charge is 0.160 e. The van der Waals surface area contributed by atoms with Crippen molar-refractivity contribution in [3.05, 3.63) is 23.8 Å². The van der Waals surface area contributed by atoms with Crippen molar-refractivity contribution in [2.75, 3.05) is 27.8 Å². The number of nitrogens with one attached hydrogen (secondary N) is 1. The predicted octanol–water partition coefficient (Wildman–Crippen LogP) is 2.03. The summed E-state index contributed by atoms with van der Waals surface area (Å²) in [4.78, 5) is 0. The molecule has 0 spiro atoms. The second kappa shape index (κ2) is 4.74. The van der Waals surface area contributed by atoms with Crippen LogP contribution >= 0.6 is 0 Å². The van der Waals surface area contributed by atoms with E-state index in [0.717, 1.165) is 24.0 Å². The standard InChI is InChI=1S/C13H19NO2/c1-14-8-10-6-11(10)9-4-5-12(15-2)13(7-9)16-3/h4-5,7,10-11,14H,6,8H2,1-3H3. The second-order valence-electron chi connectivity index (χ2n) is 4.27. The molecule has 0 aliphatic heterocycles. The Labute approximate surface area is 96.8 Å². The van der Waals surface area contributed by atoms with Crippen molar-refractivity contribution in [3.8, 4) is 11.5 Å². The zero-order chi connectivity index (χ0) is 11.5. The second-order valence-corrected chi connectivity index (χ2v) is 4.27. The highest BCUT2D eigenvalue weighted by atomic mass is 16.5. The Bertz CT molecular complexity index is 365. The number of hydrogen-bond donors (Lipinski definition) is 1. The van der Waals surface area contributed by atoms with Crippen LogP contribution in [0.1, 0.15) is 17.9 Å². The third-order valence-electron chi connectivity index (χ3n) is 3.22. The van der Waals surface area contributed by atoms with Gasteiger partial charge in [-0.25, -0.2) is 0 Å². The number of benzene rings is 1.